The van der Waals surface area contributed by atoms with E-state index >= 15 is 0 Å². The van der Waals surface area contributed by atoms with E-state index in [0.717, 1.165) is 35.6 Å². The Kier molecular flexibility index (Phi) is 5.88. The minimum Gasteiger partial charge on any atom is -0.492 e. The molecule has 1 amide bonds. The molecule has 4 aromatic rings. The number of hydrogen-bond donors (Lipinski definition) is 0. The highest BCUT2D eigenvalue weighted by atomic mass is 16.5. The Hall–Kier alpha value is -3.60. The minimum atomic E-state index is 0.0994. The van der Waals surface area contributed by atoms with E-state index in [2.05, 4.69) is 22.8 Å². The van der Waals surface area contributed by atoms with Crippen LogP contribution >= 0.6 is 0 Å². The van der Waals surface area contributed by atoms with Crippen LogP contribution in [0.25, 0.3) is 11.0 Å². The first-order valence-electron chi connectivity index (χ1n) is 11.2. The highest BCUT2D eigenvalue weighted by Gasteiger charge is 2.33. The van der Waals surface area contributed by atoms with Crippen molar-refractivity contribution in [3.8, 4) is 5.75 Å². The quantitative estimate of drug-likeness (QED) is 0.412. The maximum Gasteiger partial charge on any atom is 0.223 e. The van der Waals surface area contributed by atoms with Crippen molar-refractivity contribution in [2.24, 2.45) is 0 Å². The van der Waals surface area contributed by atoms with Crippen LogP contribution in [0.2, 0.25) is 0 Å². The molecule has 5 rings (SSSR count). The Bertz CT molecular complexity index is 1190. The van der Waals surface area contributed by atoms with Gasteiger partial charge in [-0.05, 0) is 36.2 Å². The molecule has 1 saturated heterocycles. The normalized spacial score (nSPS) is 16.1. The Morgan fingerprint density at radius 1 is 0.875 bits per heavy atom. The van der Waals surface area contributed by atoms with Gasteiger partial charge in [-0.2, -0.15) is 0 Å². The summed E-state index contributed by atoms with van der Waals surface area (Å²) in [5, 5.41) is 0. The van der Waals surface area contributed by atoms with Gasteiger partial charge < -0.3 is 14.2 Å². The van der Waals surface area contributed by atoms with Gasteiger partial charge in [-0.25, -0.2) is 4.98 Å². The minimum absolute atomic E-state index is 0.0994. The molecule has 0 N–H and O–H groups in total. The summed E-state index contributed by atoms with van der Waals surface area (Å²) in [5.41, 5.74) is 3.32. The van der Waals surface area contributed by atoms with Gasteiger partial charge in [-0.15, -0.1) is 0 Å². The molecule has 1 fully saturated rings. The van der Waals surface area contributed by atoms with Crippen LogP contribution in [-0.4, -0.2) is 40.1 Å². The predicted octanol–water partition coefficient (Wildman–Crippen LogP) is 4.67. The van der Waals surface area contributed by atoms with Gasteiger partial charge in [0.2, 0.25) is 5.91 Å². The molecule has 1 aliphatic heterocycles. The van der Waals surface area contributed by atoms with Crippen LogP contribution in [0.4, 0.5) is 0 Å². The number of likely N-dealkylation sites (tertiary alicyclic amines) is 1. The Labute approximate surface area is 188 Å². The van der Waals surface area contributed by atoms with Gasteiger partial charge in [0, 0.05) is 25.4 Å². The Morgan fingerprint density at radius 2 is 1.59 bits per heavy atom. The Morgan fingerprint density at radius 3 is 2.41 bits per heavy atom. The lowest BCUT2D eigenvalue weighted by molar-refractivity contribution is -0.127. The van der Waals surface area contributed by atoms with Crippen molar-refractivity contribution in [3.63, 3.8) is 0 Å². The van der Waals surface area contributed by atoms with Crippen molar-refractivity contribution in [3.05, 3.63) is 96.3 Å². The van der Waals surface area contributed by atoms with Crippen LogP contribution < -0.4 is 4.74 Å². The number of hydrogen-bond acceptors (Lipinski definition) is 3. The summed E-state index contributed by atoms with van der Waals surface area (Å²) in [7, 11) is 0. The molecule has 1 aromatic heterocycles. The number of rotatable bonds is 8. The van der Waals surface area contributed by atoms with E-state index in [1.165, 1.54) is 5.56 Å². The molecule has 0 radical (unpaired) electrons. The molecule has 2 heterocycles. The molecule has 1 aliphatic rings. The monoisotopic (exact) mass is 425 g/mol. The first-order valence-corrected chi connectivity index (χ1v) is 11.2. The SMILES string of the molecule is O=C1CC(c2nc3ccccc3n2CCOc2ccccc2)CN1CCc1ccccc1. The molecule has 0 saturated carbocycles. The van der Waals surface area contributed by atoms with E-state index < -0.39 is 0 Å². The third-order valence-electron chi connectivity index (χ3n) is 6.10. The standard InChI is InChI=1S/C27H27N3O2/c31-26-19-22(20-29(26)16-15-21-9-3-1-4-10-21)27-28-24-13-7-8-14-25(24)30(27)17-18-32-23-11-5-2-6-12-23/h1-14,22H,15-20H2. The summed E-state index contributed by atoms with van der Waals surface area (Å²) < 4.78 is 8.18. The zero-order valence-corrected chi connectivity index (χ0v) is 18.1. The fourth-order valence-electron chi connectivity index (χ4n) is 4.48. The van der Waals surface area contributed by atoms with E-state index in [-0.39, 0.29) is 11.8 Å². The van der Waals surface area contributed by atoms with Gasteiger partial charge >= 0.3 is 0 Å². The maximum atomic E-state index is 12.8. The highest BCUT2D eigenvalue weighted by molar-refractivity contribution is 5.81. The molecule has 5 heteroatoms. The average molecular weight is 426 g/mol. The second kappa shape index (κ2) is 9.27. The molecule has 5 nitrogen and oxygen atoms in total. The molecule has 0 bridgehead atoms. The maximum absolute atomic E-state index is 12.8. The number of aromatic nitrogens is 2. The summed E-state index contributed by atoms with van der Waals surface area (Å²) in [5.74, 6) is 2.16. The zero-order chi connectivity index (χ0) is 21.8. The van der Waals surface area contributed by atoms with Crippen molar-refractivity contribution in [2.75, 3.05) is 19.7 Å². The second-order valence-electron chi connectivity index (χ2n) is 8.25. The number of para-hydroxylation sites is 3. The summed E-state index contributed by atoms with van der Waals surface area (Å²) in [6, 6.07) is 28.4. The van der Waals surface area contributed by atoms with Crippen molar-refractivity contribution < 1.29 is 9.53 Å². The van der Waals surface area contributed by atoms with Crippen LogP contribution in [0.15, 0.2) is 84.9 Å². The molecule has 0 aliphatic carbocycles. The van der Waals surface area contributed by atoms with Gasteiger partial charge in [0.15, 0.2) is 0 Å². The Balaban J connectivity index is 1.32. The van der Waals surface area contributed by atoms with Crippen LogP contribution in [0.1, 0.15) is 23.7 Å². The van der Waals surface area contributed by atoms with Gasteiger partial charge in [0.1, 0.15) is 18.2 Å². The molecule has 1 atom stereocenters. The van der Waals surface area contributed by atoms with Crippen LogP contribution in [-0.2, 0) is 17.8 Å². The topological polar surface area (TPSA) is 47.4 Å². The first kappa shape index (κ1) is 20.3. The third-order valence-corrected chi connectivity index (χ3v) is 6.10. The summed E-state index contributed by atoms with van der Waals surface area (Å²) in [4.78, 5) is 19.7. The molecule has 0 spiro atoms. The van der Waals surface area contributed by atoms with Crippen molar-refractivity contribution >= 4 is 16.9 Å². The van der Waals surface area contributed by atoms with Crippen molar-refractivity contribution in [1.82, 2.24) is 14.5 Å². The van der Waals surface area contributed by atoms with Gasteiger partial charge in [-0.3, -0.25) is 4.79 Å². The molecule has 1 unspecified atom stereocenters. The molecule has 162 valence electrons. The van der Waals surface area contributed by atoms with Gasteiger partial charge in [0.25, 0.3) is 0 Å². The number of carbonyl (C=O) groups excluding carboxylic acids is 1. The molecule has 3 aromatic carbocycles. The predicted molar refractivity (Wildman–Crippen MR) is 126 cm³/mol. The molecular weight excluding hydrogens is 398 g/mol. The number of ether oxygens (including phenoxy) is 1. The third kappa shape index (κ3) is 4.37. The van der Waals surface area contributed by atoms with Crippen LogP contribution in [0, 0.1) is 0 Å². The number of amides is 1. The summed E-state index contributed by atoms with van der Waals surface area (Å²) in [6.07, 6.45) is 1.39. The van der Waals surface area contributed by atoms with E-state index in [1.807, 2.05) is 71.6 Å². The van der Waals surface area contributed by atoms with Crippen LogP contribution in [0.5, 0.6) is 5.75 Å². The second-order valence-corrected chi connectivity index (χ2v) is 8.25. The fraction of sp³-hybridized carbons (Fsp3) is 0.259. The number of imidazole rings is 1. The highest BCUT2D eigenvalue weighted by Crippen LogP contribution is 2.30. The number of nitrogens with zero attached hydrogens (tertiary/aromatic N) is 3. The van der Waals surface area contributed by atoms with Crippen molar-refractivity contribution in [1.29, 1.82) is 0 Å². The fourth-order valence-corrected chi connectivity index (χ4v) is 4.48. The molecular formula is C27H27N3O2. The largest absolute Gasteiger partial charge is 0.492 e. The lowest BCUT2D eigenvalue weighted by atomic mass is 10.1. The molecule has 32 heavy (non-hydrogen) atoms. The van der Waals surface area contributed by atoms with Crippen LogP contribution in [0.3, 0.4) is 0 Å². The summed E-state index contributed by atoms with van der Waals surface area (Å²) >= 11 is 0. The smallest absolute Gasteiger partial charge is 0.223 e. The van der Waals surface area contributed by atoms with E-state index in [1.54, 1.807) is 0 Å². The lowest BCUT2D eigenvalue weighted by Crippen LogP contribution is -2.27. The zero-order valence-electron chi connectivity index (χ0n) is 18.1. The van der Waals surface area contributed by atoms with Gasteiger partial charge in [-0.1, -0.05) is 60.7 Å². The van der Waals surface area contributed by atoms with E-state index in [9.17, 15) is 4.79 Å². The van der Waals surface area contributed by atoms with E-state index in [4.69, 9.17) is 9.72 Å². The van der Waals surface area contributed by atoms with Crippen molar-refractivity contribution in [2.45, 2.75) is 25.3 Å². The van der Waals surface area contributed by atoms with E-state index in [0.29, 0.717) is 26.1 Å². The lowest BCUT2D eigenvalue weighted by Gasteiger charge is -2.17. The average Bonchev–Trinajstić information content (AvgIpc) is 3.39. The first-order chi connectivity index (χ1) is 15.8. The summed E-state index contributed by atoms with van der Waals surface area (Å²) in [6.45, 7) is 2.71. The van der Waals surface area contributed by atoms with Gasteiger partial charge in [0.05, 0.1) is 17.6 Å². The number of fused-ring (bicyclic) bond motifs is 1. The number of carbonyl (C=O) groups is 1. The number of benzene rings is 3.